The van der Waals surface area contributed by atoms with Crippen LogP contribution in [0.3, 0.4) is 0 Å². The summed E-state index contributed by atoms with van der Waals surface area (Å²) in [6.07, 6.45) is 4.67. The molecule has 1 N–H and O–H groups in total. The van der Waals surface area contributed by atoms with Crippen LogP contribution in [0.25, 0.3) is 21.6 Å². The van der Waals surface area contributed by atoms with Gasteiger partial charge in [-0.3, -0.25) is 0 Å². The minimum Gasteiger partial charge on any atom is -0.362 e. The molecule has 3 nitrogen and oxygen atoms in total. The van der Waals surface area contributed by atoms with Gasteiger partial charge in [0.1, 0.15) is 5.15 Å². The third-order valence-corrected chi connectivity index (χ3v) is 4.86. The van der Waals surface area contributed by atoms with E-state index < -0.39 is 0 Å². The maximum atomic E-state index is 6.35. The number of halogens is 2. The van der Waals surface area contributed by atoms with Gasteiger partial charge in [-0.05, 0) is 18.6 Å². The highest BCUT2D eigenvalue weighted by molar-refractivity contribution is 7.18. The first-order valence-electron chi connectivity index (χ1n) is 7.29. The van der Waals surface area contributed by atoms with Gasteiger partial charge in [0, 0.05) is 40.7 Å². The van der Waals surface area contributed by atoms with Crippen LogP contribution in [0, 0.1) is 0 Å². The zero-order valence-electron chi connectivity index (χ0n) is 12.5. The molecule has 0 aliphatic rings. The van der Waals surface area contributed by atoms with Crippen molar-refractivity contribution in [1.82, 2.24) is 9.97 Å². The van der Waals surface area contributed by atoms with Gasteiger partial charge >= 0.3 is 0 Å². The topological polar surface area (TPSA) is 37.8 Å². The molecule has 0 saturated heterocycles. The van der Waals surface area contributed by atoms with Crippen molar-refractivity contribution in [1.29, 1.82) is 0 Å². The van der Waals surface area contributed by atoms with E-state index in [9.17, 15) is 0 Å². The fourth-order valence-corrected chi connectivity index (χ4v) is 3.51. The zero-order valence-corrected chi connectivity index (χ0v) is 14.8. The van der Waals surface area contributed by atoms with Gasteiger partial charge in [0.05, 0.1) is 4.88 Å². The van der Waals surface area contributed by atoms with E-state index in [4.69, 9.17) is 23.2 Å². The normalized spacial score (nSPS) is 10.7. The van der Waals surface area contributed by atoms with Gasteiger partial charge in [-0.1, -0.05) is 59.7 Å². The highest BCUT2D eigenvalue weighted by Gasteiger charge is 2.14. The van der Waals surface area contributed by atoms with E-state index >= 15 is 0 Å². The van der Waals surface area contributed by atoms with Crippen LogP contribution in [0.2, 0.25) is 10.2 Å². The van der Waals surface area contributed by atoms with Gasteiger partial charge in [0.15, 0.2) is 5.13 Å². The number of benzene rings is 1. The summed E-state index contributed by atoms with van der Waals surface area (Å²) in [4.78, 5) is 9.67. The Hall–Kier alpha value is -1.62. The number of aromatic nitrogens is 2. The molecule has 6 heteroatoms. The van der Waals surface area contributed by atoms with Gasteiger partial charge in [-0.15, -0.1) is 0 Å². The molecular weight excluding hydrogens is 349 g/mol. The van der Waals surface area contributed by atoms with Gasteiger partial charge in [0.25, 0.3) is 0 Å². The van der Waals surface area contributed by atoms with Crippen molar-refractivity contribution < 1.29 is 0 Å². The Morgan fingerprint density at radius 1 is 1.04 bits per heavy atom. The molecule has 0 bridgehead atoms. The molecule has 0 atom stereocenters. The standard InChI is InChI=1S/C17H15Cl2N3S/c1-2-7-20-17-22-10-15(23-17)12-8-16(19)21-9-13(12)11-5-3-4-6-14(11)18/h3-6,8-10H,2,7H2,1H3,(H,20,22). The lowest BCUT2D eigenvalue weighted by Gasteiger charge is -2.09. The molecule has 1 aromatic carbocycles. The lowest BCUT2D eigenvalue weighted by Crippen LogP contribution is -1.97. The van der Waals surface area contributed by atoms with Crippen LogP contribution < -0.4 is 5.32 Å². The Bertz CT molecular complexity index is 817. The number of nitrogens with zero attached hydrogens (tertiary/aromatic N) is 2. The highest BCUT2D eigenvalue weighted by Crippen LogP contribution is 2.39. The van der Waals surface area contributed by atoms with E-state index in [-0.39, 0.29) is 0 Å². The van der Waals surface area contributed by atoms with Gasteiger partial charge < -0.3 is 5.32 Å². The van der Waals surface area contributed by atoms with E-state index in [0.29, 0.717) is 10.2 Å². The third-order valence-electron chi connectivity index (χ3n) is 3.33. The Kier molecular flexibility index (Phi) is 5.16. The maximum absolute atomic E-state index is 6.35. The number of nitrogens with one attached hydrogen (secondary N) is 1. The second-order valence-electron chi connectivity index (χ2n) is 4.99. The summed E-state index contributed by atoms with van der Waals surface area (Å²) in [5.41, 5.74) is 2.87. The van der Waals surface area contributed by atoms with E-state index in [2.05, 4.69) is 22.2 Å². The maximum Gasteiger partial charge on any atom is 0.183 e. The van der Waals surface area contributed by atoms with Crippen LogP contribution in [-0.4, -0.2) is 16.5 Å². The van der Waals surface area contributed by atoms with Gasteiger partial charge in [-0.25, -0.2) is 9.97 Å². The van der Waals surface area contributed by atoms with Crippen LogP contribution in [0.15, 0.2) is 42.7 Å². The minimum absolute atomic E-state index is 0.451. The Labute approximate surface area is 149 Å². The van der Waals surface area contributed by atoms with Gasteiger partial charge in [0.2, 0.25) is 0 Å². The van der Waals surface area contributed by atoms with E-state index in [1.807, 2.05) is 36.5 Å². The molecule has 2 heterocycles. The molecule has 23 heavy (non-hydrogen) atoms. The lowest BCUT2D eigenvalue weighted by atomic mass is 10.0. The summed E-state index contributed by atoms with van der Waals surface area (Å²) in [5.74, 6) is 0. The van der Waals surface area contributed by atoms with Crippen molar-refractivity contribution >= 4 is 39.7 Å². The molecule has 0 spiro atoms. The Morgan fingerprint density at radius 3 is 2.65 bits per heavy atom. The smallest absolute Gasteiger partial charge is 0.183 e. The Morgan fingerprint density at radius 2 is 1.87 bits per heavy atom. The fraction of sp³-hybridized carbons (Fsp3) is 0.176. The summed E-state index contributed by atoms with van der Waals surface area (Å²) < 4.78 is 0. The first kappa shape index (κ1) is 16.2. The average molecular weight is 364 g/mol. The fourth-order valence-electron chi connectivity index (χ4n) is 2.24. The number of rotatable bonds is 5. The molecule has 0 amide bonds. The molecule has 0 aliphatic carbocycles. The summed E-state index contributed by atoms with van der Waals surface area (Å²) in [6.45, 7) is 3.03. The SMILES string of the molecule is CCCNc1ncc(-c2cc(Cl)ncc2-c2ccccc2Cl)s1. The van der Waals surface area contributed by atoms with Crippen molar-refractivity contribution in [3.63, 3.8) is 0 Å². The predicted octanol–water partition coefficient (Wildman–Crippen LogP) is 6.00. The molecule has 0 radical (unpaired) electrons. The molecule has 0 unspecified atom stereocenters. The molecule has 3 aromatic rings. The number of hydrogen-bond donors (Lipinski definition) is 1. The molecule has 0 aliphatic heterocycles. The second-order valence-corrected chi connectivity index (χ2v) is 6.81. The largest absolute Gasteiger partial charge is 0.362 e. The highest BCUT2D eigenvalue weighted by atomic mass is 35.5. The number of pyridine rings is 1. The van der Waals surface area contributed by atoms with Crippen LogP contribution >= 0.6 is 34.5 Å². The molecule has 0 saturated carbocycles. The minimum atomic E-state index is 0.451. The van der Waals surface area contributed by atoms with E-state index in [1.54, 1.807) is 17.5 Å². The predicted molar refractivity (Wildman–Crippen MR) is 99.6 cm³/mol. The molecule has 3 rings (SSSR count). The number of anilines is 1. The number of hydrogen-bond acceptors (Lipinski definition) is 4. The van der Waals surface area contributed by atoms with E-state index in [0.717, 1.165) is 39.7 Å². The monoisotopic (exact) mass is 363 g/mol. The summed E-state index contributed by atoms with van der Waals surface area (Å²) in [5, 5.41) is 5.34. The zero-order chi connectivity index (χ0) is 16.2. The van der Waals surface area contributed by atoms with Crippen LogP contribution in [-0.2, 0) is 0 Å². The molecule has 118 valence electrons. The van der Waals surface area contributed by atoms with Crippen molar-refractivity contribution in [3.05, 3.63) is 52.9 Å². The first-order chi connectivity index (χ1) is 11.2. The van der Waals surface area contributed by atoms with Crippen molar-refractivity contribution in [2.45, 2.75) is 13.3 Å². The van der Waals surface area contributed by atoms with Crippen LogP contribution in [0.4, 0.5) is 5.13 Å². The van der Waals surface area contributed by atoms with Crippen molar-refractivity contribution in [2.24, 2.45) is 0 Å². The summed E-state index contributed by atoms with van der Waals surface area (Å²) >= 11 is 14.1. The van der Waals surface area contributed by atoms with E-state index in [1.165, 1.54) is 0 Å². The molecule has 2 aromatic heterocycles. The average Bonchev–Trinajstić information content (AvgIpc) is 3.02. The quantitative estimate of drug-likeness (QED) is 0.564. The third kappa shape index (κ3) is 3.66. The number of thiazole rings is 1. The second kappa shape index (κ2) is 7.30. The summed E-state index contributed by atoms with van der Waals surface area (Å²) in [6, 6.07) is 9.58. The first-order valence-corrected chi connectivity index (χ1v) is 8.86. The lowest BCUT2D eigenvalue weighted by molar-refractivity contribution is 0.976. The van der Waals surface area contributed by atoms with Crippen molar-refractivity contribution in [2.75, 3.05) is 11.9 Å². The molecule has 0 fully saturated rings. The van der Waals surface area contributed by atoms with Crippen LogP contribution in [0.5, 0.6) is 0 Å². The summed E-state index contributed by atoms with van der Waals surface area (Å²) in [7, 11) is 0. The Balaban J connectivity index is 2.07. The van der Waals surface area contributed by atoms with Crippen molar-refractivity contribution in [3.8, 4) is 21.6 Å². The molecular formula is C17H15Cl2N3S. The van der Waals surface area contributed by atoms with Gasteiger partial charge in [-0.2, -0.15) is 0 Å². The van der Waals surface area contributed by atoms with Crippen LogP contribution in [0.1, 0.15) is 13.3 Å².